The van der Waals surface area contributed by atoms with Crippen molar-refractivity contribution in [3.05, 3.63) is 69.8 Å². The highest BCUT2D eigenvalue weighted by atomic mass is 16.6. The van der Waals surface area contributed by atoms with Crippen molar-refractivity contribution < 1.29 is 19.6 Å². The molecule has 152 valence electrons. The van der Waals surface area contributed by atoms with Gasteiger partial charge < -0.3 is 15.2 Å². The van der Waals surface area contributed by atoms with Crippen LogP contribution >= 0.6 is 0 Å². The predicted octanol–water partition coefficient (Wildman–Crippen LogP) is 4.20. The van der Waals surface area contributed by atoms with Crippen LogP contribution in [0.4, 0.5) is 5.69 Å². The number of hydrogen-bond acceptors (Lipinski definition) is 5. The van der Waals surface area contributed by atoms with Crippen LogP contribution in [0.1, 0.15) is 37.8 Å². The van der Waals surface area contributed by atoms with E-state index in [2.05, 4.69) is 19.2 Å². The lowest BCUT2D eigenvalue weighted by Crippen LogP contribution is -2.14. The number of rotatable bonds is 10. The summed E-state index contributed by atoms with van der Waals surface area (Å²) in [6.45, 7) is 6.92. The molecule has 0 heterocycles. The number of aliphatic carboxylic acids is 1. The topological polar surface area (TPSA) is 102 Å². The number of carboxylic acids is 1. The van der Waals surface area contributed by atoms with Gasteiger partial charge in [0.1, 0.15) is 6.61 Å². The number of benzene rings is 2. The molecular weight excluding hydrogens is 360 g/mol. The van der Waals surface area contributed by atoms with Gasteiger partial charge in [-0.1, -0.05) is 50.2 Å². The van der Waals surface area contributed by atoms with E-state index in [9.17, 15) is 14.9 Å². The zero-order valence-corrected chi connectivity index (χ0v) is 16.4. The first-order valence-corrected chi connectivity index (χ1v) is 9.34. The Bertz CT molecular complexity index is 731. The molecule has 0 aromatic heterocycles. The average molecular weight is 388 g/mol. The van der Waals surface area contributed by atoms with E-state index in [1.165, 1.54) is 44.1 Å². The predicted molar refractivity (Wildman–Crippen MR) is 109 cm³/mol. The van der Waals surface area contributed by atoms with Gasteiger partial charge in [-0.15, -0.1) is 0 Å². The normalized spacial score (nSPS) is 9.93. The molecule has 0 aliphatic rings. The lowest BCUT2D eigenvalue weighted by molar-refractivity contribution is -0.386. The fourth-order valence-corrected chi connectivity index (χ4v) is 2.33. The highest BCUT2D eigenvalue weighted by Crippen LogP contribution is 2.29. The van der Waals surface area contributed by atoms with Gasteiger partial charge in [0.15, 0.2) is 5.75 Å². The third-order valence-corrected chi connectivity index (χ3v) is 3.67. The summed E-state index contributed by atoms with van der Waals surface area (Å²) in [5.74, 6) is -0.916. The molecular formula is C21H28N2O5. The van der Waals surface area contributed by atoms with E-state index in [0.29, 0.717) is 5.56 Å². The number of carboxylic acid groups (broad SMARTS) is 1. The molecule has 0 spiro atoms. The van der Waals surface area contributed by atoms with Gasteiger partial charge in [0, 0.05) is 6.07 Å². The largest absolute Gasteiger partial charge is 0.482 e. The Morgan fingerprint density at radius 3 is 2.25 bits per heavy atom. The number of ether oxygens (including phenoxy) is 1. The summed E-state index contributed by atoms with van der Waals surface area (Å²) in [5, 5.41) is 23.1. The Balaban J connectivity index is 0.000000480. The van der Waals surface area contributed by atoms with E-state index in [1.54, 1.807) is 0 Å². The Hall–Kier alpha value is -2.93. The molecule has 0 saturated carbocycles. The molecule has 0 amide bonds. The number of hydrogen-bond donors (Lipinski definition) is 2. The fourth-order valence-electron chi connectivity index (χ4n) is 2.33. The maximum atomic E-state index is 11.0. The summed E-state index contributed by atoms with van der Waals surface area (Å²) in [6.07, 6.45) is 2.24. The summed E-state index contributed by atoms with van der Waals surface area (Å²) < 4.78 is 5.46. The SMILES string of the molecule is CCCNCCC.O=C(O)Cc1ccc(OCc2ccccc2)c([N+](=O)[O-])c1. The summed E-state index contributed by atoms with van der Waals surface area (Å²) in [7, 11) is 0. The van der Waals surface area contributed by atoms with Gasteiger partial charge in [-0.3, -0.25) is 14.9 Å². The second-order valence-corrected chi connectivity index (χ2v) is 6.15. The molecule has 2 N–H and O–H groups in total. The second-order valence-electron chi connectivity index (χ2n) is 6.15. The monoisotopic (exact) mass is 388 g/mol. The molecule has 0 radical (unpaired) electrons. The van der Waals surface area contributed by atoms with Crippen LogP contribution in [0, 0.1) is 10.1 Å². The second kappa shape index (κ2) is 13.3. The smallest absolute Gasteiger partial charge is 0.311 e. The van der Waals surface area contributed by atoms with Crippen molar-refractivity contribution in [3.8, 4) is 5.75 Å². The van der Waals surface area contributed by atoms with Crippen molar-refractivity contribution in [2.45, 2.75) is 39.7 Å². The summed E-state index contributed by atoms with van der Waals surface area (Å²) in [5.41, 5.74) is 1.02. The van der Waals surface area contributed by atoms with E-state index in [0.717, 1.165) is 5.56 Å². The van der Waals surface area contributed by atoms with Crippen LogP contribution in [0.5, 0.6) is 5.75 Å². The molecule has 2 aromatic carbocycles. The molecule has 0 bridgehead atoms. The van der Waals surface area contributed by atoms with Crippen LogP contribution in [-0.2, 0) is 17.8 Å². The average Bonchev–Trinajstić information content (AvgIpc) is 2.68. The van der Waals surface area contributed by atoms with Crippen molar-refractivity contribution in [2.75, 3.05) is 13.1 Å². The van der Waals surface area contributed by atoms with Crippen LogP contribution in [0.25, 0.3) is 0 Å². The molecule has 7 nitrogen and oxygen atoms in total. The van der Waals surface area contributed by atoms with Crippen LogP contribution < -0.4 is 10.1 Å². The standard InChI is InChI=1S/C15H13NO5.C6H15N/c17-15(18)9-12-6-7-14(13(8-12)16(19)20)21-10-11-4-2-1-3-5-11;1-3-5-7-6-4-2/h1-8H,9-10H2,(H,17,18);7H,3-6H2,1-2H3. The third kappa shape index (κ3) is 9.14. The minimum Gasteiger partial charge on any atom is -0.482 e. The van der Waals surface area contributed by atoms with Crippen LogP contribution in [0.3, 0.4) is 0 Å². The van der Waals surface area contributed by atoms with Gasteiger partial charge in [0.2, 0.25) is 0 Å². The third-order valence-electron chi connectivity index (χ3n) is 3.67. The molecule has 7 heteroatoms. The molecule has 2 rings (SSSR count). The van der Waals surface area contributed by atoms with Gasteiger partial charge in [0.05, 0.1) is 11.3 Å². The fraction of sp³-hybridized carbons (Fsp3) is 0.381. The number of nitro groups is 1. The molecule has 0 fully saturated rings. The van der Waals surface area contributed by atoms with E-state index in [1.807, 2.05) is 30.3 Å². The molecule has 0 aliphatic carbocycles. The maximum Gasteiger partial charge on any atom is 0.311 e. The van der Waals surface area contributed by atoms with Gasteiger partial charge in [-0.25, -0.2) is 0 Å². The van der Waals surface area contributed by atoms with E-state index in [-0.39, 0.29) is 24.5 Å². The lowest BCUT2D eigenvalue weighted by Gasteiger charge is -2.08. The van der Waals surface area contributed by atoms with Gasteiger partial charge >= 0.3 is 11.7 Å². The highest BCUT2D eigenvalue weighted by Gasteiger charge is 2.17. The van der Waals surface area contributed by atoms with Crippen molar-refractivity contribution in [3.63, 3.8) is 0 Å². The van der Waals surface area contributed by atoms with Gasteiger partial charge in [-0.2, -0.15) is 0 Å². The minimum atomic E-state index is -1.04. The van der Waals surface area contributed by atoms with Crippen LogP contribution in [-0.4, -0.2) is 29.1 Å². The molecule has 28 heavy (non-hydrogen) atoms. The quantitative estimate of drug-likeness (QED) is 0.359. The number of nitrogens with zero attached hydrogens (tertiary/aromatic N) is 1. The number of carbonyl (C=O) groups is 1. The Labute approximate surface area is 165 Å². The zero-order valence-electron chi connectivity index (χ0n) is 16.4. The van der Waals surface area contributed by atoms with E-state index >= 15 is 0 Å². The molecule has 2 aromatic rings. The molecule has 0 atom stereocenters. The first kappa shape index (κ1) is 23.1. The number of nitrogens with one attached hydrogen (secondary N) is 1. The zero-order chi connectivity index (χ0) is 20.8. The van der Waals surface area contributed by atoms with E-state index in [4.69, 9.17) is 9.84 Å². The Kier molecular flexibility index (Phi) is 11.0. The first-order chi connectivity index (χ1) is 13.5. The van der Waals surface area contributed by atoms with Crippen molar-refractivity contribution in [2.24, 2.45) is 0 Å². The maximum absolute atomic E-state index is 11.0. The van der Waals surface area contributed by atoms with Crippen LogP contribution in [0.2, 0.25) is 0 Å². The molecule has 0 unspecified atom stereocenters. The summed E-state index contributed by atoms with van der Waals surface area (Å²) >= 11 is 0. The first-order valence-electron chi connectivity index (χ1n) is 9.34. The summed E-state index contributed by atoms with van der Waals surface area (Å²) in [6, 6.07) is 13.4. The highest BCUT2D eigenvalue weighted by molar-refractivity contribution is 5.71. The Morgan fingerprint density at radius 2 is 1.71 bits per heavy atom. The lowest BCUT2D eigenvalue weighted by atomic mass is 10.1. The van der Waals surface area contributed by atoms with Crippen molar-refractivity contribution in [1.29, 1.82) is 0 Å². The Morgan fingerprint density at radius 1 is 1.07 bits per heavy atom. The van der Waals surface area contributed by atoms with E-state index < -0.39 is 10.9 Å². The van der Waals surface area contributed by atoms with Gasteiger partial charge in [-0.05, 0) is 43.1 Å². The van der Waals surface area contributed by atoms with Crippen molar-refractivity contribution >= 4 is 11.7 Å². The van der Waals surface area contributed by atoms with Crippen molar-refractivity contribution in [1.82, 2.24) is 5.32 Å². The molecule has 0 aliphatic heterocycles. The molecule has 0 saturated heterocycles. The summed E-state index contributed by atoms with van der Waals surface area (Å²) in [4.78, 5) is 21.1. The van der Waals surface area contributed by atoms with Crippen LogP contribution in [0.15, 0.2) is 48.5 Å². The van der Waals surface area contributed by atoms with Gasteiger partial charge in [0.25, 0.3) is 0 Å². The number of nitro benzene ring substituents is 1. The minimum absolute atomic E-state index is 0.123.